The van der Waals surface area contributed by atoms with Crippen LogP contribution in [0.2, 0.25) is 0 Å². The summed E-state index contributed by atoms with van der Waals surface area (Å²) in [6.45, 7) is 3.03. The Bertz CT molecular complexity index is 505. The normalized spacial score (nSPS) is 12.4. The second kappa shape index (κ2) is 5.74. The van der Waals surface area contributed by atoms with Gasteiger partial charge in [-0.3, -0.25) is 0 Å². The van der Waals surface area contributed by atoms with Gasteiger partial charge < -0.3 is 14.6 Å². The standard InChI is InChI=1S/C15H20N2O/c1-12(13-6-4-8-15(10-13)18-3)16-11-14-7-5-9-17(14)2/h4-10,12,16H,11H2,1-3H3/t12-/m0/s1. The first-order chi connectivity index (χ1) is 8.70. The number of hydrogen-bond acceptors (Lipinski definition) is 2. The highest BCUT2D eigenvalue weighted by Gasteiger charge is 2.06. The van der Waals surface area contributed by atoms with Crippen LogP contribution >= 0.6 is 0 Å². The number of aromatic nitrogens is 1. The van der Waals surface area contributed by atoms with Gasteiger partial charge in [-0.15, -0.1) is 0 Å². The molecule has 96 valence electrons. The van der Waals surface area contributed by atoms with Gasteiger partial charge in [0.2, 0.25) is 0 Å². The first-order valence-electron chi connectivity index (χ1n) is 6.18. The Balaban J connectivity index is 1.99. The number of aryl methyl sites for hydroxylation is 1. The Kier molecular flexibility index (Phi) is 4.05. The maximum Gasteiger partial charge on any atom is 0.119 e. The molecule has 0 bridgehead atoms. The molecule has 1 atom stereocenters. The number of methoxy groups -OCH3 is 1. The van der Waals surface area contributed by atoms with Gasteiger partial charge in [0.15, 0.2) is 0 Å². The topological polar surface area (TPSA) is 26.2 Å². The Morgan fingerprint density at radius 2 is 2.11 bits per heavy atom. The van der Waals surface area contributed by atoms with E-state index in [2.05, 4.69) is 54.3 Å². The van der Waals surface area contributed by atoms with E-state index in [0.29, 0.717) is 6.04 Å². The van der Waals surface area contributed by atoms with E-state index >= 15 is 0 Å². The second-order valence-corrected chi connectivity index (χ2v) is 4.49. The van der Waals surface area contributed by atoms with E-state index < -0.39 is 0 Å². The average Bonchev–Trinajstić information content (AvgIpc) is 2.81. The van der Waals surface area contributed by atoms with Crippen molar-refractivity contribution in [2.75, 3.05) is 7.11 Å². The van der Waals surface area contributed by atoms with Crippen molar-refractivity contribution < 1.29 is 4.74 Å². The maximum absolute atomic E-state index is 5.24. The highest BCUT2D eigenvalue weighted by atomic mass is 16.5. The zero-order valence-corrected chi connectivity index (χ0v) is 11.2. The SMILES string of the molecule is COc1cccc([C@H](C)NCc2cccn2C)c1. The van der Waals surface area contributed by atoms with Crippen LogP contribution in [0, 0.1) is 0 Å². The molecule has 1 aromatic heterocycles. The van der Waals surface area contributed by atoms with Crippen LogP contribution in [0.15, 0.2) is 42.6 Å². The van der Waals surface area contributed by atoms with E-state index in [4.69, 9.17) is 4.74 Å². The highest BCUT2D eigenvalue weighted by Crippen LogP contribution is 2.19. The van der Waals surface area contributed by atoms with E-state index in [1.54, 1.807) is 7.11 Å². The first-order valence-corrected chi connectivity index (χ1v) is 6.18. The van der Waals surface area contributed by atoms with E-state index in [1.807, 2.05) is 12.1 Å². The molecule has 2 rings (SSSR count). The molecule has 2 aromatic rings. The highest BCUT2D eigenvalue weighted by molar-refractivity contribution is 5.30. The summed E-state index contributed by atoms with van der Waals surface area (Å²) in [6.07, 6.45) is 2.06. The fourth-order valence-corrected chi connectivity index (χ4v) is 1.97. The van der Waals surface area contributed by atoms with Gasteiger partial charge in [-0.2, -0.15) is 0 Å². The minimum absolute atomic E-state index is 0.301. The Morgan fingerprint density at radius 1 is 1.28 bits per heavy atom. The van der Waals surface area contributed by atoms with Crippen molar-refractivity contribution in [2.24, 2.45) is 7.05 Å². The van der Waals surface area contributed by atoms with Crippen LogP contribution in [0.5, 0.6) is 5.75 Å². The molecule has 0 aliphatic carbocycles. The fourth-order valence-electron chi connectivity index (χ4n) is 1.97. The Morgan fingerprint density at radius 3 is 2.78 bits per heavy atom. The van der Waals surface area contributed by atoms with Crippen LogP contribution in [0.3, 0.4) is 0 Å². The summed E-state index contributed by atoms with van der Waals surface area (Å²) in [4.78, 5) is 0. The number of ether oxygens (including phenoxy) is 1. The largest absolute Gasteiger partial charge is 0.497 e. The number of benzene rings is 1. The molecule has 0 amide bonds. The zero-order chi connectivity index (χ0) is 13.0. The van der Waals surface area contributed by atoms with Gasteiger partial charge in [-0.05, 0) is 36.8 Å². The Hall–Kier alpha value is -1.74. The lowest BCUT2D eigenvalue weighted by Crippen LogP contribution is -2.19. The Labute approximate surface area is 108 Å². The molecule has 0 unspecified atom stereocenters. The molecule has 1 N–H and O–H groups in total. The predicted molar refractivity (Wildman–Crippen MR) is 73.7 cm³/mol. The van der Waals surface area contributed by atoms with Gasteiger partial charge in [0.1, 0.15) is 5.75 Å². The van der Waals surface area contributed by atoms with E-state index in [-0.39, 0.29) is 0 Å². The third-order valence-corrected chi connectivity index (χ3v) is 3.23. The summed E-state index contributed by atoms with van der Waals surface area (Å²) in [7, 11) is 3.76. The van der Waals surface area contributed by atoms with Gasteiger partial charge in [0.25, 0.3) is 0 Å². The lowest BCUT2D eigenvalue weighted by atomic mass is 10.1. The van der Waals surface area contributed by atoms with Crippen molar-refractivity contribution in [1.82, 2.24) is 9.88 Å². The van der Waals surface area contributed by atoms with E-state index in [0.717, 1.165) is 12.3 Å². The third kappa shape index (κ3) is 2.93. The molecule has 0 aliphatic rings. The molecule has 1 heterocycles. The minimum atomic E-state index is 0.301. The van der Waals surface area contributed by atoms with Crippen LogP contribution < -0.4 is 10.1 Å². The van der Waals surface area contributed by atoms with Gasteiger partial charge >= 0.3 is 0 Å². The molecule has 0 saturated carbocycles. The number of nitrogens with one attached hydrogen (secondary N) is 1. The van der Waals surface area contributed by atoms with Gasteiger partial charge in [0, 0.05) is 31.5 Å². The molecule has 0 aliphatic heterocycles. The monoisotopic (exact) mass is 244 g/mol. The predicted octanol–water partition coefficient (Wildman–Crippen LogP) is 2.88. The van der Waals surface area contributed by atoms with Crippen LogP contribution in [-0.4, -0.2) is 11.7 Å². The van der Waals surface area contributed by atoms with Gasteiger partial charge in [-0.25, -0.2) is 0 Å². The number of rotatable bonds is 5. The molecule has 0 spiro atoms. The first kappa shape index (κ1) is 12.7. The third-order valence-electron chi connectivity index (χ3n) is 3.23. The zero-order valence-electron chi connectivity index (χ0n) is 11.2. The van der Waals surface area contributed by atoms with Crippen LogP contribution in [-0.2, 0) is 13.6 Å². The molecular weight excluding hydrogens is 224 g/mol. The minimum Gasteiger partial charge on any atom is -0.497 e. The molecule has 1 aromatic carbocycles. The van der Waals surface area contributed by atoms with Crippen LogP contribution in [0.1, 0.15) is 24.2 Å². The van der Waals surface area contributed by atoms with Crippen molar-refractivity contribution in [3.05, 3.63) is 53.9 Å². The lowest BCUT2D eigenvalue weighted by molar-refractivity contribution is 0.413. The van der Waals surface area contributed by atoms with Crippen molar-refractivity contribution >= 4 is 0 Å². The molecular formula is C15H20N2O. The van der Waals surface area contributed by atoms with Gasteiger partial charge in [-0.1, -0.05) is 12.1 Å². The van der Waals surface area contributed by atoms with Crippen molar-refractivity contribution in [1.29, 1.82) is 0 Å². The quantitative estimate of drug-likeness (QED) is 0.875. The molecule has 3 nitrogen and oxygen atoms in total. The fraction of sp³-hybridized carbons (Fsp3) is 0.333. The van der Waals surface area contributed by atoms with E-state index in [1.165, 1.54) is 11.3 Å². The average molecular weight is 244 g/mol. The molecule has 3 heteroatoms. The molecule has 0 fully saturated rings. The second-order valence-electron chi connectivity index (χ2n) is 4.49. The summed E-state index contributed by atoms with van der Waals surface area (Å²) in [5.41, 5.74) is 2.52. The molecule has 0 radical (unpaired) electrons. The smallest absolute Gasteiger partial charge is 0.119 e. The number of hydrogen-bond donors (Lipinski definition) is 1. The number of nitrogens with zero attached hydrogens (tertiary/aromatic N) is 1. The van der Waals surface area contributed by atoms with Crippen LogP contribution in [0.4, 0.5) is 0 Å². The van der Waals surface area contributed by atoms with Gasteiger partial charge in [0.05, 0.1) is 7.11 Å². The van der Waals surface area contributed by atoms with Crippen molar-refractivity contribution in [3.8, 4) is 5.75 Å². The molecule has 0 saturated heterocycles. The lowest BCUT2D eigenvalue weighted by Gasteiger charge is -2.15. The van der Waals surface area contributed by atoms with Crippen molar-refractivity contribution in [3.63, 3.8) is 0 Å². The summed E-state index contributed by atoms with van der Waals surface area (Å²) in [5, 5.41) is 3.52. The van der Waals surface area contributed by atoms with E-state index in [9.17, 15) is 0 Å². The summed E-state index contributed by atoms with van der Waals surface area (Å²) < 4.78 is 7.37. The summed E-state index contributed by atoms with van der Waals surface area (Å²) in [6, 6.07) is 12.7. The summed E-state index contributed by atoms with van der Waals surface area (Å²) >= 11 is 0. The maximum atomic E-state index is 5.24. The van der Waals surface area contributed by atoms with Crippen molar-refractivity contribution in [2.45, 2.75) is 19.5 Å². The van der Waals surface area contributed by atoms with Crippen LogP contribution in [0.25, 0.3) is 0 Å². The summed E-state index contributed by atoms with van der Waals surface area (Å²) in [5.74, 6) is 0.903. The molecule has 18 heavy (non-hydrogen) atoms.